The molecular formula is C13H17N3O2. The second kappa shape index (κ2) is 5.55. The van der Waals surface area contributed by atoms with E-state index in [1.54, 1.807) is 20.3 Å². The lowest BCUT2D eigenvalue weighted by atomic mass is 10.1. The van der Waals surface area contributed by atoms with Crippen LogP contribution in [0, 0.1) is 0 Å². The van der Waals surface area contributed by atoms with Crippen LogP contribution in [0.1, 0.15) is 0 Å². The second-order valence-corrected chi connectivity index (χ2v) is 3.98. The maximum absolute atomic E-state index is 5.83. The molecule has 0 bridgehead atoms. The van der Waals surface area contributed by atoms with Gasteiger partial charge in [0.1, 0.15) is 5.75 Å². The lowest BCUT2D eigenvalue weighted by Gasteiger charge is -2.04. The zero-order valence-electron chi connectivity index (χ0n) is 10.6. The van der Waals surface area contributed by atoms with Gasteiger partial charge in [0.25, 0.3) is 0 Å². The molecule has 96 valence electrons. The van der Waals surface area contributed by atoms with Gasteiger partial charge in [0.2, 0.25) is 0 Å². The van der Waals surface area contributed by atoms with Crippen LogP contribution >= 0.6 is 0 Å². The van der Waals surface area contributed by atoms with Gasteiger partial charge in [-0.15, -0.1) is 0 Å². The Balaban J connectivity index is 2.25. The number of rotatable bonds is 5. The van der Waals surface area contributed by atoms with E-state index in [1.165, 1.54) is 0 Å². The average Bonchev–Trinajstić information content (AvgIpc) is 2.84. The first kappa shape index (κ1) is 12.4. The van der Waals surface area contributed by atoms with E-state index in [9.17, 15) is 0 Å². The van der Waals surface area contributed by atoms with Crippen LogP contribution < -0.4 is 10.5 Å². The number of methoxy groups -OCH3 is 2. The molecule has 1 heterocycles. The first-order valence-corrected chi connectivity index (χ1v) is 5.69. The SMILES string of the molecule is COCCn1cc(-c2cc(N)cc(OC)c2)cn1. The van der Waals surface area contributed by atoms with Crippen molar-refractivity contribution >= 4 is 5.69 Å². The molecule has 0 radical (unpaired) electrons. The lowest BCUT2D eigenvalue weighted by Crippen LogP contribution is -2.03. The Morgan fingerprint density at radius 1 is 1.22 bits per heavy atom. The van der Waals surface area contributed by atoms with Crippen molar-refractivity contribution in [3.05, 3.63) is 30.6 Å². The van der Waals surface area contributed by atoms with Crippen molar-refractivity contribution < 1.29 is 9.47 Å². The Kier molecular flexibility index (Phi) is 3.84. The molecule has 2 rings (SSSR count). The van der Waals surface area contributed by atoms with Gasteiger partial charge < -0.3 is 15.2 Å². The molecular weight excluding hydrogens is 230 g/mol. The summed E-state index contributed by atoms with van der Waals surface area (Å²) in [5, 5.41) is 4.27. The van der Waals surface area contributed by atoms with E-state index in [2.05, 4.69) is 5.10 Å². The van der Waals surface area contributed by atoms with Crippen molar-refractivity contribution in [3.8, 4) is 16.9 Å². The van der Waals surface area contributed by atoms with E-state index < -0.39 is 0 Å². The van der Waals surface area contributed by atoms with E-state index in [0.717, 1.165) is 23.4 Å². The van der Waals surface area contributed by atoms with Gasteiger partial charge in [-0.05, 0) is 17.7 Å². The Morgan fingerprint density at radius 2 is 2.06 bits per heavy atom. The van der Waals surface area contributed by atoms with Gasteiger partial charge >= 0.3 is 0 Å². The van der Waals surface area contributed by atoms with Crippen molar-refractivity contribution in [3.63, 3.8) is 0 Å². The van der Waals surface area contributed by atoms with Crippen molar-refractivity contribution in [1.29, 1.82) is 0 Å². The molecule has 1 aromatic heterocycles. The number of aromatic nitrogens is 2. The number of hydrogen-bond donors (Lipinski definition) is 1. The predicted octanol–water partition coefficient (Wildman–Crippen LogP) is 1.79. The minimum absolute atomic E-state index is 0.640. The van der Waals surface area contributed by atoms with Gasteiger partial charge in [0.05, 0.1) is 26.5 Å². The van der Waals surface area contributed by atoms with E-state index in [4.69, 9.17) is 15.2 Å². The van der Waals surface area contributed by atoms with Gasteiger partial charge in [-0.1, -0.05) is 0 Å². The molecule has 18 heavy (non-hydrogen) atoms. The Labute approximate surface area is 106 Å². The molecule has 0 atom stereocenters. The van der Waals surface area contributed by atoms with Crippen LogP contribution in [0.3, 0.4) is 0 Å². The van der Waals surface area contributed by atoms with Gasteiger partial charge in [-0.2, -0.15) is 5.10 Å². The second-order valence-electron chi connectivity index (χ2n) is 3.98. The Bertz CT molecular complexity index is 523. The minimum Gasteiger partial charge on any atom is -0.497 e. The average molecular weight is 247 g/mol. The lowest BCUT2D eigenvalue weighted by molar-refractivity contribution is 0.183. The third kappa shape index (κ3) is 2.81. The number of nitrogen functional groups attached to an aromatic ring is 1. The van der Waals surface area contributed by atoms with Crippen LogP contribution in [-0.2, 0) is 11.3 Å². The largest absolute Gasteiger partial charge is 0.497 e. The number of hydrogen-bond acceptors (Lipinski definition) is 4. The maximum atomic E-state index is 5.83. The summed E-state index contributed by atoms with van der Waals surface area (Å²) in [6.07, 6.45) is 3.77. The number of anilines is 1. The molecule has 0 saturated heterocycles. The number of nitrogens with zero attached hydrogens (tertiary/aromatic N) is 2. The summed E-state index contributed by atoms with van der Waals surface area (Å²) in [6, 6.07) is 5.63. The molecule has 0 unspecified atom stereocenters. The van der Waals surface area contributed by atoms with Crippen molar-refractivity contribution in [2.75, 3.05) is 26.6 Å². The molecule has 0 aliphatic carbocycles. The van der Waals surface area contributed by atoms with Crippen molar-refractivity contribution in [2.45, 2.75) is 6.54 Å². The summed E-state index contributed by atoms with van der Waals surface area (Å²) in [5.41, 5.74) is 8.51. The third-order valence-corrected chi connectivity index (χ3v) is 2.66. The molecule has 0 amide bonds. The number of nitrogens with two attached hydrogens (primary N) is 1. The quantitative estimate of drug-likeness (QED) is 0.818. The highest BCUT2D eigenvalue weighted by molar-refractivity contribution is 5.68. The van der Waals surface area contributed by atoms with Gasteiger partial charge in [-0.3, -0.25) is 4.68 Å². The molecule has 1 aromatic carbocycles. The fourth-order valence-corrected chi connectivity index (χ4v) is 1.73. The van der Waals surface area contributed by atoms with Crippen LogP contribution in [0.4, 0.5) is 5.69 Å². The fraction of sp³-hybridized carbons (Fsp3) is 0.308. The van der Waals surface area contributed by atoms with Gasteiger partial charge in [0.15, 0.2) is 0 Å². The van der Waals surface area contributed by atoms with Crippen LogP contribution in [0.25, 0.3) is 11.1 Å². The fourth-order valence-electron chi connectivity index (χ4n) is 1.73. The summed E-state index contributed by atoms with van der Waals surface area (Å²) in [7, 11) is 3.30. The zero-order valence-corrected chi connectivity index (χ0v) is 10.6. The molecule has 0 fully saturated rings. The number of benzene rings is 1. The highest BCUT2D eigenvalue weighted by Crippen LogP contribution is 2.26. The van der Waals surface area contributed by atoms with Crippen LogP contribution in [-0.4, -0.2) is 30.6 Å². The molecule has 0 aliphatic heterocycles. The normalized spacial score (nSPS) is 10.6. The van der Waals surface area contributed by atoms with E-state index in [0.29, 0.717) is 12.3 Å². The first-order valence-electron chi connectivity index (χ1n) is 5.69. The smallest absolute Gasteiger partial charge is 0.121 e. The summed E-state index contributed by atoms with van der Waals surface area (Å²) in [4.78, 5) is 0. The summed E-state index contributed by atoms with van der Waals surface area (Å²) >= 11 is 0. The van der Waals surface area contributed by atoms with Crippen LogP contribution in [0.2, 0.25) is 0 Å². The van der Waals surface area contributed by atoms with Crippen LogP contribution in [0.5, 0.6) is 5.75 Å². The van der Waals surface area contributed by atoms with Crippen LogP contribution in [0.15, 0.2) is 30.6 Å². The first-order chi connectivity index (χ1) is 8.72. The maximum Gasteiger partial charge on any atom is 0.121 e. The summed E-state index contributed by atoms with van der Waals surface area (Å²) in [6.45, 7) is 1.37. The minimum atomic E-state index is 0.640. The molecule has 5 nitrogen and oxygen atoms in total. The van der Waals surface area contributed by atoms with E-state index in [-0.39, 0.29) is 0 Å². The summed E-state index contributed by atoms with van der Waals surface area (Å²) in [5.74, 6) is 0.745. The van der Waals surface area contributed by atoms with Gasteiger partial charge in [-0.25, -0.2) is 0 Å². The molecule has 0 saturated carbocycles. The van der Waals surface area contributed by atoms with Crippen molar-refractivity contribution in [1.82, 2.24) is 9.78 Å². The number of ether oxygens (including phenoxy) is 2. The Hall–Kier alpha value is -2.01. The summed E-state index contributed by atoms with van der Waals surface area (Å²) < 4.78 is 12.1. The molecule has 5 heteroatoms. The Morgan fingerprint density at radius 3 is 2.78 bits per heavy atom. The van der Waals surface area contributed by atoms with E-state index in [1.807, 2.05) is 29.2 Å². The molecule has 0 aliphatic rings. The topological polar surface area (TPSA) is 62.3 Å². The standard InChI is InChI=1S/C13H17N3O2/c1-17-4-3-16-9-11(8-15-16)10-5-12(14)7-13(6-10)18-2/h5-9H,3-4,14H2,1-2H3. The van der Waals surface area contributed by atoms with Crippen molar-refractivity contribution in [2.24, 2.45) is 0 Å². The highest BCUT2D eigenvalue weighted by Gasteiger charge is 2.05. The third-order valence-electron chi connectivity index (χ3n) is 2.66. The molecule has 2 N–H and O–H groups in total. The highest BCUT2D eigenvalue weighted by atomic mass is 16.5. The van der Waals surface area contributed by atoms with Gasteiger partial charge in [0, 0.05) is 30.6 Å². The zero-order chi connectivity index (χ0) is 13.0. The van der Waals surface area contributed by atoms with E-state index >= 15 is 0 Å². The monoisotopic (exact) mass is 247 g/mol. The predicted molar refractivity (Wildman–Crippen MR) is 70.5 cm³/mol. The molecule has 2 aromatic rings. The molecule has 0 spiro atoms.